The lowest BCUT2D eigenvalue weighted by atomic mass is 10.4. The van der Waals surface area contributed by atoms with Gasteiger partial charge in [0.25, 0.3) is 0 Å². The second kappa shape index (κ2) is 5.99. The molecule has 1 amide bonds. The lowest BCUT2D eigenvalue weighted by molar-refractivity contribution is -0.118. The van der Waals surface area contributed by atoms with E-state index in [9.17, 15) is 4.79 Å². The maximum absolute atomic E-state index is 10.8. The van der Waals surface area contributed by atoms with Crippen molar-refractivity contribution in [3.8, 4) is 5.82 Å². The molecule has 6 nitrogen and oxygen atoms in total. The molecule has 2 aromatic heterocycles. The quantitative estimate of drug-likeness (QED) is 0.789. The molecule has 0 aliphatic heterocycles. The standard InChI is InChI=1S/C13H17N5O/c1-10-16-12(15-6-5-14-11(2)19)9-13(17-10)18-7-3-4-8-18/h3-4,7-9H,5-6H2,1-2H3,(H,14,19)(H,15,16,17). The summed E-state index contributed by atoms with van der Waals surface area (Å²) in [6, 6.07) is 5.77. The average molecular weight is 259 g/mol. The molecule has 6 heteroatoms. The van der Waals surface area contributed by atoms with Gasteiger partial charge in [0.1, 0.15) is 17.5 Å². The number of carbonyl (C=O) groups is 1. The summed E-state index contributed by atoms with van der Waals surface area (Å²) in [6.45, 7) is 4.55. The molecule has 2 rings (SSSR count). The lowest BCUT2D eigenvalue weighted by Gasteiger charge is -2.09. The molecule has 0 atom stereocenters. The van der Waals surface area contributed by atoms with Crippen LogP contribution in [0.1, 0.15) is 12.7 Å². The topological polar surface area (TPSA) is 71.8 Å². The first kappa shape index (κ1) is 13.1. The van der Waals surface area contributed by atoms with Crippen LogP contribution in [0.5, 0.6) is 0 Å². The van der Waals surface area contributed by atoms with Crippen LogP contribution in [0.3, 0.4) is 0 Å². The number of hydrogen-bond acceptors (Lipinski definition) is 4. The van der Waals surface area contributed by atoms with Crippen LogP contribution < -0.4 is 10.6 Å². The molecule has 0 saturated heterocycles. The number of hydrogen-bond donors (Lipinski definition) is 2. The molecule has 0 unspecified atom stereocenters. The summed E-state index contributed by atoms with van der Waals surface area (Å²) in [5, 5.41) is 5.89. The summed E-state index contributed by atoms with van der Waals surface area (Å²) < 4.78 is 1.92. The van der Waals surface area contributed by atoms with E-state index >= 15 is 0 Å². The van der Waals surface area contributed by atoms with Gasteiger partial charge in [-0.05, 0) is 19.1 Å². The summed E-state index contributed by atoms with van der Waals surface area (Å²) in [5.74, 6) is 2.24. The Morgan fingerprint density at radius 2 is 2.00 bits per heavy atom. The molecule has 19 heavy (non-hydrogen) atoms. The molecule has 0 saturated carbocycles. The summed E-state index contributed by atoms with van der Waals surface area (Å²) in [4.78, 5) is 19.4. The third-order valence-corrected chi connectivity index (χ3v) is 2.50. The van der Waals surface area contributed by atoms with Gasteiger partial charge in [0.2, 0.25) is 5.91 Å². The molecule has 0 radical (unpaired) electrons. The van der Waals surface area contributed by atoms with Crippen molar-refractivity contribution in [2.24, 2.45) is 0 Å². The van der Waals surface area contributed by atoms with Gasteiger partial charge in [-0.25, -0.2) is 9.97 Å². The second-order valence-electron chi connectivity index (χ2n) is 4.16. The molecule has 0 spiro atoms. The Hall–Kier alpha value is -2.37. The van der Waals surface area contributed by atoms with Gasteiger partial charge >= 0.3 is 0 Å². The van der Waals surface area contributed by atoms with E-state index in [0.29, 0.717) is 18.9 Å². The number of rotatable bonds is 5. The zero-order valence-corrected chi connectivity index (χ0v) is 11.1. The average Bonchev–Trinajstić information content (AvgIpc) is 2.87. The van der Waals surface area contributed by atoms with Crippen molar-refractivity contribution in [2.45, 2.75) is 13.8 Å². The minimum atomic E-state index is -0.0336. The summed E-state index contributed by atoms with van der Waals surface area (Å²) in [5.41, 5.74) is 0. The van der Waals surface area contributed by atoms with Gasteiger partial charge in [-0.15, -0.1) is 0 Å². The van der Waals surface area contributed by atoms with Gasteiger partial charge in [-0.2, -0.15) is 0 Å². The van der Waals surface area contributed by atoms with Crippen molar-refractivity contribution >= 4 is 11.7 Å². The van der Waals surface area contributed by atoms with E-state index in [0.717, 1.165) is 11.6 Å². The third kappa shape index (κ3) is 3.80. The molecule has 2 aromatic rings. The maximum Gasteiger partial charge on any atom is 0.216 e. The molecule has 0 aliphatic rings. The molecule has 0 aromatic carbocycles. The maximum atomic E-state index is 10.8. The van der Waals surface area contributed by atoms with Crippen molar-refractivity contribution < 1.29 is 4.79 Å². The fraction of sp³-hybridized carbons (Fsp3) is 0.308. The molecule has 2 heterocycles. The minimum Gasteiger partial charge on any atom is -0.368 e. The summed E-state index contributed by atoms with van der Waals surface area (Å²) in [7, 11) is 0. The van der Waals surface area contributed by atoms with Gasteiger partial charge in [-0.3, -0.25) is 4.79 Å². The predicted molar refractivity (Wildman–Crippen MR) is 73.3 cm³/mol. The van der Waals surface area contributed by atoms with Gasteiger partial charge in [-0.1, -0.05) is 0 Å². The van der Waals surface area contributed by atoms with Crippen LogP contribution in [0.25, 0.3) is 5.82 Å². The van der Waals surface area contributed by atoms with Crippen LogP contribution in [0, 0.1) is 6.92 Å². The first-order chi connectivity index (χ1) is 9.15. The number of amides is 1. The van der Waals surface area contributed by atoms with E-state index in [1.807, 2.05) is 42.1 Å². The smallest absolute Gasteiger partial charge is 0.216 e. The van der Waals surface area contributed by atoms with Crippen LogP contribution in [0.2, 0.25) is 0 Å². The summed E-state index contributed by atoms with van der Waals surface area (Å²) in [6.07, 6.45) is 3.87. The molecular formula is C13H17N5O. The van der Waals surface area contributed by atoms with Gasteiger partial charge < -0.3 is 15.2 Å². The first-order valence-corrected chi connectivity index (χ1v) is 6.12. The van der Waals surface area contributed by atoms with Crippen LogP contribution in [0.4, 0.5) is 5.82 Å². The van der Waals surface area contributed by atoms with Crippen LogP contribution in [-0.4, -0.2) is 33.5 Å². The van der Waals surface area contributed by atoms with Crippen molar-refractivity contribution in [1.82, 2.24) is 19.9 Å². The molecule has 0 fully saturated rings. The zero-order valence-electron chi connectivity index (χ0n) is 11.1. The highest BCUT2D eigenvalue weighted by Crippen LogP contribution is 2.10. The van der Waals surface area contributed by atoms with Crippen LogP contribution in [0.15, 0.2) is 30.6 Å². The number of carbonyl (C=O) groups excluding carboxylic acids is 1. The second-order valence-corrected chi connectivity index (χ2v) is 4.16. The fourth-order valence-corrected chi connectivity index (χ4v) is 1.69. The van der Waals surface area contributed by atoms with Gasteiger partial charge in [0.15, 0.2) is 0 Å². The normalized spacial score (nSPS) is 10.2. The highest BCUT2D eigenvalue weighted by molar-refractivity contribution is 5.72. The Morgan fingerprint density at radius 1 is 1.26 bits per heavy atom. The van der Waals surface area contributed by atoms with Crippen LogP contribution >= 0.6 is 0 Å². The van der Waals surface area contributed by atoms with Crippen molar-refractivity contribution in [1.29, 1.82) is 0 Å². The fourth-order valence-electron chi connectivity index (χ4n) is 1.69. The highest BCUT2D eigenvalue weighted by Gasteiger charge is 2.02. The zero-order chi connectivity index (χ0) is 13.7. The Bertz CT molecular complexity index is 550. The first-order valence-electron chi connectivity index (χ1n) is 6.12. The Balaban J connectivity index is 2.03. The van der Waals surface area contributed by atoms with Crippen molar-refractivity contribution in [3.63, 3.8) is 0 Å². The van der Waals surface area contributed by atoms with Crippen molar-refractivity contribution in [3.05, 3.63) is 36.4 Å². The Morgan fingerprint density at radius 3 is 2.68 bits per heavy atom. The molecule has 2 N–H and O–H groups in total. The van der Waals surface area contributed by atoms with Gasteiger partial charge in [0.05, 0.1) is 0 Å². The SMILES string of the molecule is CC(=O)NCCNc1cc(-n2cccc2)nc(C)n1. The monoisotopic (exact) mass is 259 g/mol. The Labute approximate surface area is 111 Å². The molecule has 0 bridgehead atoms. The molecule has 0 aliphatic carbocycles. The number of aromatic nitrogens is 3. The predicted octanol–water partition coefficient (Wildman–Crippen LogP) is 1.12. The van der Waals surface area contributed by atoms with E-state index < -0.39 is 0 Å². The largest absolute Gasteiger partial charge is 0.368 e. The van der Waals surface area contributed by atoms with Crippen molar-refractivity contribution in [2.75, 3.05) is 18.4 Å². The number of nitrogens with zero attached hydrogens (tertiary/aromatic N) is 3. The lowest BCUT2D eigenvalue weighted by Crippen LogP contribution is -2.26. The van der Waals surface area contributed by atoms with E-state index in [4.69, 9.17) is 0 Å². The van der Waals surface area contributed by atoms with E-state index in [2.05, 4.69) is 20.6 Å². The summed E-state index contributed by atoms with van der Waals surface area (Å²) >= 11 is 0. The molecular weight excluding hydrogens is 242 g/mol. The molecule has 100 valence electrons. The third-order valence-electron chi connectivity index (χ3n) is 2.50. The van der Waals surface area contributed by atoms with E-state index in [1.54, 1.807) is 0 Å². The van der Waals surface area contributed by atoms with E-state index in [1.165, 1.54) is 6.92 Å². The van der Waals surface area contributed by atoms with Crippen LogP contribution in [-0.2, 0) is 4.79 Å². The number of anilines is 1. The van der Waals surface area contributed by atoms with E-state index in [-0.39, 0.29) is 5.91 Å². The Kier molecular flexibility index (Phi) is 4.12. The minimum absolute atomic E-state index is 0.0336. The number of aryl methyl sites for hydroxylation is 1. The number of nitrogens with one attached hydrogen (secondary N) is 2. The van der Waals surface area contributed by atoms with Gasteiger partial charge in [0, 0.05) is 38.5 Å². The highest BCUT2D eigenvalue weighted by atomic mass is 16.1.